The average molecular weight is 525 g/mol. The molecule has 4 aromatic rings. The van der Waals surface area contributed by atoms with Crippen LogP contribution in [0.4, 0.5) is 5.69 Å². The van der Waals surface area contributed by atoms with Gasteiger partial charge < -0.3 is 4.74 Å². The lowest BCUT2D eigenvalue weighted by atomic mass is 10.3. The Bertz CT molecular complexity index is 1360. The third-order valence-corrected chi connectivity index (χ3v) is 10.9. The van der Waals surface area contributed by atoms with E-state index < -0.39 is 7.21 Å². The Morgan fingerprint density at radius 2 is 1.43 bits per heavy atom. The SMILES string of the molecule is Cc1nn(-c2ccccc2)c(C)c1[P@](=Nc1c(Cl)cccc1Cl)(c1ccccc1)N1CCOCC1. The van der Waals surface area contributed by atoms with Crippen molar-refractivity contribution in [2.45, 2.75) is 13.8 Å². The fourth-order valence-electron chi connectivity index (χ4n) is 4.72. The van der Waals surface area contributed by atoms with Crippen molar-refractivity contribution >= 4 is 46.7 Å². The van der Waals surface area contributed by atoms with Gasteiger partial charge in [-0.3, -0.25) is 4.67 Å². The summed E-state index contributed by atoms with van der Waals surface area (Å²) in [4.78, 5) is 0. The van der Waals surface area contributed by atoms with E-state index in [9.17, 15) is 0 Å². The molecule has 0 N–H and O–H groups in total. The van der Waals surface area contributed by atoms with Crippen LogP contribution < -0.4 is 10.6 Å². The van der Waals surface area contributed by atoms with Gasteiger partial charge in [0.15, 0.2) is 0 Å². The first-order chi connectivity index (χ1) is 17.0. The molecule has 1 aliphatic rings. The summed E-state index contributed by atoms with van der Waals surface area (Å²) < 4.78 is 15.8. The molecule has 5 nitrogen and oxygen atoms in total. The number of nitrogens with zero attached hydrogens (tertiary/aromatic N) is 4. The van der Waals surface area contributed by atoms with Gasteiger partial charge in [0.05, 0.1) is 52.8 Å². The molecule has 2 heterocycles. The second-order valence-electron chi connectivity index (χ2n) is 8.44. The van der Waals surface area contributed by atoms with Crippen LogP contribution >= 0.6 is 30.4 Å². The first-order valence-electron chi connectivity index (χ1n) is 11.6. The first kappa shape index (κ1) is 24.3. The van der Waals surface area contributed by atoms with Crippen molar-refractivity contribution in [3.63, 3.8) is 0 Å². The molecule has 0 saturated carbocycles. The maximum absolute atomic E-state index is 6.71. The Kier molecular flexibility index (Phi) is 7.15. The Morgan fingerprint density at radius 1 is 0.829 bits per heavy atom. The summed E-state index contributed by atoms with van der Waals surface area (Å²) in [6.45, 7) is 7.00. The van der Waals surface area contributed by atoms with Gasteiger partial charge in [-0.25, -0.2) is 9.43 Å². The quantitative estimate of drug-likeness (QED) is 0.279. The van der Waals surface area contributed by atoms with Crippen molar-refractivity contribution in [2.75, 3.05) is 26.3 Å². The highest BCUT2D eigenvalue weighted by molar-refractivity contribution is 7.79. The topological polar surface area (TPSA) is 42.7 Å². The second-order valence-corrected chi connectivity index (χ2v) is 12.2. The molecule has 1 aliphatic heterocycles. The number of halogens is 2. The number of hydrogen-bond acceptors (Lipinski definition) is 3. The molecular formula is C27H27Cl2N4OP. The van der Waals surface area contributed by atoms with Crippen LogP contribution in [-0.4, -0.2) is 40.8 Å². The molecule has 0 aliphatic carbocycles. The summed E-state index contributed by atoms with van der Waals surface area (Å²) in [7, 11) is -2.60. The number of benzene rings is 3. The average Bonchev–Trinajstić information content (AvgIpc) is 3.20. The Hall–Kier alpha value is -2.40. The van der Waals surface area contributed by atoms with Crippen molar-refractivity contribution < 1.29 is 4.74 Å². The molecule has 1 aromatic heterocycles. The Labute approximate surface area is 216 Å². The van der Waals surface area contributed by atoms with Gasteiger partial charge in [0.2, 0.25) is 0 Å². The van der Waals surface area contributed by atoms with E-state index in [1.165, 1.54) is 0 Å². The first-order valence-corrected chi connectivity index (χ1v) is 14.0. The maximum atomic E-state index is 6.71. The molecule has 0 spiro atoms. The van der Waals surface area contributed by atoms with E-state index in [-0.39, 0.29) is 0 Å². The normalized spacial score (nSPS) is 16.1. The van der Waals surface area contributed by atoms with Crippen LogP contribution in [-0.2, 0) is 4.74 Å². The fraction of sp³-hybridized carbons (Fsp3) is 0.222. The minimum absolute atomic E-state index is 0.539. The number of rotatable bonds is 5. The molecule has 1 atom stereocenters. The summed E-state index contributed by atoms with van der Waals surface area (Å²) in [5.41, 5.74) is 3.64. The predicted molar refractivity (Wildman–Crippen MR) is 147 cm³/mol. The standard InChI is InChI=1S/C27H27Cl2N4OP/c1-20-27(21(2)33(30-20)22-10-5-3-6-11-22)35(23-12-7-4-8-13-23,32-16-18-34-19-17-32)31-26-24(28)14-9-15-25(26)29/h3-15H,16-19H2,1-2H3/t35-/m0/s1. The molecule has 0 amide bonds. The van der Waals surface area contributed by atoms with Crippen LogP contribution in [0.1, 0.15) is 11.4 Å². The zero-order valence-corrected chi connectivity index (χ0v) is 22.1. The molecule has 1 fully saturated rings. The van der Waals surface area contributed by atoms with Gasteiger partial charge in [0.25, 0.3) is 0 Å². The molecule has 3 aromatic carbocycles. The van der Waals surface area contributed by atoms with Crippen molar-refractivity contribution in [1.82, 2.24) is 14.5 Å². The van der Waals surface area contributed by atoms with E-state index in [0.29, 0.717) is 28.9 Å². The molecule has 35 heavy (non-hydrogen) atoms. The Balaban J connectivity index is 1.90. The van der Waals surface area contributed by atoms with Crippen LogP contribution in [0.3, 0.4) is 0 Å². The minimum Gasteiger partial charge on any atom is -0.379 e. The lowest BCUT2D eigenvalue weighted by Gasteiger charge is -2.39. The molecule has 0 bridgehead atoms. The number of aromatic nitrogens is 2. The third kappa shape index (κ3) is 4.48. The van der Waals surface area contributed by atoms with E-state index in [0.717, 1.165) is 40.8 Å². The minimum atomic E-state index is -2.60. The molecular weight excluding hydrogens is 498 g/mol. The second kappa shape index (κ2) is 10.3. The lowest BCUT2D eigenvalue weighted by Crippen LogP contribution is -2.41. The smallest absolute Gasteiger partial charge is 0.101 e. The van der Waals surface area contributed by atoms with Gasteiger partial charge >= 0.3 is 0 Å². The van der Waals surface area contributed by atoms with E-state index in [1.54, 1.807) is 0 Å². The van der Waals surface area contributed by atoms with E-state index in [1.807, 2.05) is 47.1 Å². The van der Waals surface area contributed by atoms with Crippen molar-refractivity contribution in [3.05, 3.63) is 100 Å². The molecule has 0 unspecified atom stereocenters. The van der Waals surface area contributed by atoms with E-state index in [4.69, 9.17) is 37.8 Å². The van der Waals surface area contributed by atoms with Gasteiger partial charge in [-0.05, 0) is 38.1 Å². The number of morpholine rings is 1. The molecule has 8 heteroatoms. The van der Waals surface area contributed by atoms with Crippen LogP contribution in [0.5, 0.6) is 0 Å². The number of para-hydroxylation sites is 1. The molecule has 0 radical (unpaired) electrons. The van der Waals surface area contributed by atoms with Gasteiger partial charge in [0.1, 0.15) is 5.69 Å². The number of aryl methyl sites for hydroxylation is 1. The van der Waals surface area contributed by atoms with Crippen molar-refractivity contribution in [2.24, 2.45) is 4.74 Å². The summed E-state index contributed by atoms with van der Waals surface area (Å²) >= 11 is 13.4. The highest BCUT2D eigenvalue weighted by atomic mass is 35.5. The fourth-order valence-corrected chi connectivity index (χ4v) is 9.41. The van der Waals surface area contributed by atoms with Gasteiger partial charge in [-0.2, -0.15) is 5.10 Å². The Morgan fingerprint density at radius 3 is 2.06 bits per heavy atom. The largest absolute Gasteiger partial charge is 0.379 e. The maximum Gasteiger partial charge on any atom is 0.101 e. The summed E-state index contributed by atoms with van der Waals surface area (Å²) in [5, 5.41) is 8.36. The highest BCUT2D eigenvalue weighted by Crippen LogP contribution is 2.56. The lowest BCUT2D eigenvalue weighted by molar-refractivity contribution is 0.0750. The van der Waals surface area contributed by atoms with Gasteiger partial charge in [-0.15, -0.1) is 0 Å². The summed E-state index contributed by atoms with van der Waals surface area (Å²) in [5.74, 6) is 0. The van der Waals surface area contributed by atoms with Crippen LogP contribution in [0.25, 0.3) is 5.69 Å². The molecule has 1 saturated heterocycles. The number of hydrogen-bond donors (Lipinski definition) is 0. The van der Waals surface area contributed by atoms with Crippen LogP contribution in [0.2, 0.25) is 10.0 Å². The summed E-state index contributed by atoms with van der Waals surface area (Å²) in [6, 6.07) is 26.3. The zero-order valence-electron chi connectivity index (χ0n) is 19.7. The van der Waals surface area contributed by atoms with Crippen LogP contribution in [0.15, 0.2) is 83.6 Å². The predicted octanol–water partition coefficient (Wildman–Crippen LogP) is 6.53. The van der Waals surface area contributed by atoms with Gasteiger partial charge in [0, 0.05) is 18.4 Å². The number of ether oxygens (including phenoxy) is 1. The van der Waals surface area contributed by atoms with Gasteiger partial charge in [-0.1, -0.05) is 77.8 Å². The third-order valence-electron chi connectivity index (χ3n) is 6.26. The molecule has 180 valence electrons. The molecule has 5 rings (SSSR count). The highest BCUT2D eigenvalue weighted by Gasteiger charge is 2.38. The zero-order chi connectivity index (χ0) is 24.4. The van der Waals surface area contributed by atoms with Crippen molar-refractivity contribution in [1.29, 1.82) is 0 Å². The van der Waals surface area contributed by atoms with Crippen molar-refractivity contribution in [3.8, 4) is 5.69 Å². The summed E-state index contributed by atoms with van der Waals surface area (Å²) in [6.07, 6.45) is 0. The monoisotopic (exact) mass is 524 g/mol. The van der Waals surface area contributed by atoms with Crippen LogP contribution in [0, 0.1) is 13.8 Å². The van der Waals surface area contributed by atoms with E-state index in [2.05, 4.69) is 54.9 Å². The van der Waals surface area contributed by atoms with E-state index >= 15 is 0 Å².